The van der Waals surface area contributed by atoms with Gasteiger partial charge in [-0.15, -0.1) is 0 Å². The number of fused-ring (bicyclic) bond motifs is 7. The Balaban J connectivity index is 1.17. The number of carbonyl (C=O) groups is 3. The highest BCUT2D eigenvalue weighted by Gasteiger charge is 2.71. The Morgan fingerprint density at radius 1 is 0.817 bits per heavy atom. The first kappa shape index (κ1) is 45.3. The average Bonchev–Trinajstić information content (AvgIpc) is 3.48. The van der Waals surface area contributed by atoms with Gasteiger partial charge in [0.15, 0.2) is 5.78 Å². The SMILES string of the molecule is CC(C)C1=C2C3CCC4C5(C)CCC(OC(=O)CC(C)(C)C(=O)O)C(C)(C)C5CCC4(C)C3(C)CCC2(C(O)CN(Cc2ccc(Cl)cc2)Cc2ccc(Cl)cc2)CC1=O. The van der Waals surface area contributed by atoms with Crippen LogP contribution in [0.25, 0.3) is 0 Å². The summed E-state index contributed by atoms with van der Waals surface area (Å²) in [6, 6.07) is 15.9. The van der Waals surface area contributed by atoms with E-state index in [0.29, 0.717) is 47.9 Å². The van der Waals surface area contributed by atoms with Crippen molar-refractivity contribution in [2.24, 2.45) is 56.2 Å². The topological polar surface area (TPSA) is 104 Å². The van der Waals surface area contributed by atoms with E-state index in [1.54, 1.807) is 13.8 Å². The minimum absolute atomic E-state index is 0.0132. The largest absolute Gasteiger partial charge is 0.481 e. The average molecular weight is 863 g/mol. The number of aliphatic carboxylic acids is 1. The lowest BCUT2D eigenvalue weighted by Gasteiger charge is -2.72. The molecule has 328 valence electrons. The Kier molecular flexibility index (Phi) is 12.2. The van der Waals surface area contributed by atoms with Gasteiger partial charge in [-0.3, -0.25) is 19.3 Å². The van der Waals surface area contributed by atoms with Gasteiger partial charge in [0.2, 0.25) is 0 Å². The molecular weight excluding hydrogens is 793 g/mol. The van der Waals surface area contributed by atoms with E-state index in [1.807, 2.05) is 48.5 Å². The number of rotatable bonds is 12. The first-order valence-electron chi connectivity index (χ1n) is 22.6. The summed E-state index contributed by atoms with van der Waals surface area (Å²) in [5.41, 5.74) is 2.41. The molecule has 0 bridgehead atoms. The van der Waals surface area contributed by atoms with Crippen LogP contribution in [0.5, 0.6) is 0 Å². The minimum atomic E-state index is -1.18. The number of aliphatic hydroxyl groups excluding tert-OH is 1. The van der Waals surface area contributed by atoms with E-state index in [9.17, 15) is 24.6 Å². The molecule has 0 spiro atoms. The van der Waals surface area contributed by atoms with Gasteiger partial charge in [0.1, 0.15) is 6.10 Å². The van der Waals surface area contributed by atoms with Crippen LogP contribution in [0.1, 0.15) is 138 Å². The smallest absolute Gasteiger partial charge is 0.309 e. The quantitative estimate of drug-likeness (QED) is 0.205. The van der Waals surface area contributed by atoms with Gasteiger partial charge in [-0.2, -0.15) is 0 Å². The number of nitrogens with zero attached hydrogens (tertiary/aromatic N) is 1. The minimum Gasteiger partial charge on any atom is -0.481 e. The third kappa shape index (κ3) is 7.61. The maximum Gasteiger partial charge on any atom is 0.309 e. The van der Waals surface area contributed by atoms with Crippen molar-refractivity contribution in [1.29, 1.82) is 0 Å². The van der Waals surface area contributed by atoms with Crippen molar-refractivity contribution in [3.05, 3.63) is 80.8 Å². The second-order valence-corrected chi connectivity index (χ2v) is 22.9. The molecule has 0 heterocycles. The van der Waals surface area contributed by atoms with Gasteiger partial charge in [-0.1, -0.05) is 102 Å². The van der Waals surface area contributed by atoms with Crippen LogP contribution in [-0.2, 0) is 32.2 Å². The number of carboxylic acid groups (broad SMARTS) is 1. The zero-order chi connectivity index (χ0) is 43.8. The highest BCUT2D eigenvalue weighted by molar-refractivity contribution is 6.30. The molecule has 9 atom stereocenters. The van der Waals surface area contributed by atoms with Crippen molar-refractivity contribution >= 4 is 40.9 Å². The molecule has 5 aliphatic rings. The molecule has 0 aromatic heterocycles. The Morgan fingerprint density at radius 2 is 1.40 bits per heavy atom. The second kappa shape index (κ2) is 16.1. The number of carboxylic acids is 1. The van der Waals surface area contributed by atoms with Crippen LogP contribution in [0, 0.1) is 56.2 Å². The number of hydrogen-bond donors (Lipinski definition) is 2. The molecule has 5 aliphatic carbocycles. The fourth-order valence-corrected chi connectivity index (χ4v) is 14.5. The summed E-state index contributed by atoms with van der Waals surface area (Å²) in [5, 5.41) is 23.9. The number of ketones is 1. The predicted octanol–water partition coefficient (Wildman–Crippen LogP) is 11.7. The number of aliphatic hydroxyl groups is 1. The Bertz CT molecular complexity index is 1960. The number of Topliss-reactive ketones (excluding diaryl/α,β-unsaturated/α-hetero) is 1. The van der Waals surface area contributed by atoms with Gasteiger partial charge >= 0.3 is 11.9 Å². The molecular formula is C51H69Cl2NO6. The molecule has 0 saturated heterocycles. The van der Waals surface area contributed by atoms with Crippen LogP contribution < -0.4 is 0 Å². The molecule has 0 radical (unpaired) electrons. The van der Waals surface area contributed by atoms with Crippen molar-refractivity contribution in [2.75, 3.05) is 6.54 Å². The fourth-order valence-electron chi connectivity index (χ4n) is 14.2. The van der Waals surface area contributed by atoms with Crippen LogP contribution >= 0.6 is 23.2 Å². The fraction of sp³-hybridized carbons (Fsp3) is 0.667. The zero-order valence-corrected chi connectivity index (χ0v) is 39.0. The molecule has 0 amide bonds. The Morgan fingerprint density at radius 3 is 1.95 bits per heavy atom. The van der Waals surface area contributed by atoms with E-state index in [1.165, 1.54) is 5.57 Å². The summed E-state index contributed by atoms with van der Waals surface area (Å²) in [5.74, 6) is -0.129. The van der Waals surface area contributed by atoms with Crippen LogP contribution in [-0.4, -0.2) is 51.6 Å². The number of hydrogen-bond acceptors (Lipinski definition) is 6. The van der Waals surface area contributed by atoms with Gasteiger partial charge < -0.3 is 14.9 Å². The highest BCUT2D eigenvalue weighted by atomic mass is 35.5. The summed E-state index contributed by atoms with van der Waals surface area (Å²) in [7, 11) is 0. The summed E-state index contributed by atoms with van der Waals surface area (Å²) >= 11 is 12.6. The van der Waals surface area contributed by atoms with Gasteiger partial charge in [0.05, 0.1) is 17.9 Å². The van der Waals surface area contributed by atoms with Crippen LogP contribution in [0.3, 0.4) is 0 Å². The molecule has 60 heavy (non-hydrogen) atoms. The van der Waals surface area contributed by atoms with Crippen molar-refractivity contribution in [3.8, 4) is 0 Å². The number of benzene rings is 2. The van der Waals surface area contributed by atoms with Crippen molar-refractivity contribution < 1.29 is 29.3 Å². The van der Waals surface area contributed by atoms with E-state index in [-0.39, 0.29) is 51.8 Å². The maximum absolute atomic E-state index is 14.4. The summed E-state index contributed by atoms with van der Waals surface area (Å²) in [4.78, 5) is 41.7. The van der Waals surface area contributed by atoms with E-state index in [2.05, 4.69) is 53.4 Å². The van der Waals surface area contributed by atoms with E-state index in [0.717, 1.165) is 68.1 Å². The summed E-state index contributed by atoms with van der Waals surface area (Å²) < 4.78 is 6.20. The van der Waals surface area contributed by atoms with Gasteiger partial charge in [0.25, 0.3) is 0 Å². The number of esters is 1. The van der Waals surface area contributed by atoms with Crippen LogP contribution in [0.4, 0.5) is 0 Å². The number of ether oxygens (including phenoxy) is 1. The van der Waals surface area contributed by atoms with Gasteiger partial charge in [-0.25, -0.2) is 0 Å². The van der Waals surface area contributed by atoms with Crippen molar-refractivity contribution in [3.63, 3.8) is 0 Å². The van der Waals surface area contributed by atoms with Crippen LogP contribution in [0.2, 0.25) is 10.0 Å². The van der Waals surface area contributed by atoms with Gasteiger partial charge in [0, 0.05) is 46.9 Å². The van der Waals surface area contributed by atoms with E-state index < -0.39 is 28.9 Å². The van der Waals surface area contributed by atoms with Crippen molar-refractivity contribution in [1.82, 2.24) is 4.90 Å². The zero-order valence-electron chi connectivity index (χ0n) is 37.5. The first-order valence-corrected chi connectivity index (χ1v) is 23.3. The third-order valence-electron chi connectivity index (χ3n) is 17.6. The lowest BCUT2D eigenvalue weighted by molar-refractivity contribution is -0.235. The summed E-state index contributed by atoms with van der Waals surface area (Å²) in [6.45, 7) is 21.4. The molecule has 7 nitrogen and oxygen atoms in total. The molecule has 7 rings (SSSR count). The monoisotopic (exact) mass is 861 g/mol. The first-order chi connectivity index (χ1) is 28.0. The summed E-state index contributed by atoms with van der Waals surface area (Å²) in [6.07, 6.45) is 6.85. The molecule has 9 heteroatoms. The number of carbonyl (C=O) groups excluding carboxylic acids is 2. The molecule has 4 saturated carbocycles. The number of halogens is 2. The standard InChI is InChI=1S/C51H69Cl2NO6/c1-31(2)43-37(55)26-51(40(56)30-54(28-32-10-14-34(52)15-11-32)29-33-12-16-35(53)17-13-33)25-24-49(8)36(44(43)51)18-19-39-48(7)22-21-41(60-42(57)27-46(3,4)45(58)59)47(5,6)38(48)20-23-50(39,49)9/h10-17,31,36,38-41,56H,18-30H2,1-9H3,(H,58,59). The molecule has 9 unspecified atom stereocenters. The lowest BCUT2D eigenvalue weighted by atomic mass is 9.33. The van der Waals surface area contributed by atoms with Crippen LogP contribution in [0.15, 0.2) is 59.7 Å². The predicted molar refractivity (Wildman–Crippen MR) is 238 cm³/mol. The second-order valence-electron chi connectivity index (χ2n) is 22.0. The lowest BCUT2D eigenvalue weighted by Crippen LogP contribution is -2.66. The number of allylic oxidation sites excluding steroid dienone is 1. The molecule has 2 aromatic rings. The Hall–Kier alpha value is -2.71. The van der Waals surface area contributed by atoms with Crippen molar-refractivity contribution in [2.45, 2.75) is 152 Å². The van der Waals surface area contributed by atoms with E-state index in [4.69, 9.17) is 27.9 Å². The Labute approximate surface area is 369 Å². The normalized spacial score (nSPS) is 34.1. The third-order valence-corrected chi connectivity index (χ3v) is 18.1. The van der Waals surface area contributed by atoms with E-state index >= 15 is 0 Å². The molecule has 0 aliphatic heterocycles. The van der Waals surface area contributed by atoms with Gasteiger partial charge in [-0.05, 0) is 146 Å². The maximum atomic E-state index is 14.4. The molecule has 4 fully saturated rings. The molecule has 2 N–H and O–H groups in total. The highest BCUT2D eigenvalue weighted by Crippen LogP contribution is 2.77. The molecule has 2 aromatic carbocycles.